The van der Waals surface area contributed by atoms with Crippen LogP contribution in [0.3, 0.4) is 0 Å². The molecule has 0 aliphatic rings. The van der Waals surface area contributed by atoms with Crippen LogP contribution in [0.1, 0.15) is 39.2 Å². The van der Waals surface area contributed by atoms with Gasteiger partial charge in [-0.05, 0) is 44.4 Å². The van der Waals surface area contributed by atoms with Crippen LogP contribution in [0, 0.1) is 12.3 Å². The van der Waals surface area contributed by atoms with E-state index in [4.69, 9.17) is 0 Å². The number of para-hydroxylation sites is 1. The normalized spacial score (nSPS) is 14.2. The van der Waals surface area contributed by atoms with Gasteiger partial charge in [-0.25, -0.2) is 0 Å². The first-order valence-electron chi connectivity index (χ1n) is 7.51. The van der Waals surface area contributed by atoms with Crippen LogP contribution in [0.15, 0.2) is 24.3 Å². The minimum Gasteiger partial charge on any atom is -0.371 e. The zero-order valence-electron chi connectivity index (χ0n) is 13.3. The Balaban J connectivity index is 2.88. The summed E-state index contributed by atoms with van der Waals surface area (Å²) >= 11 is 0. The maximum atomic E-state index is 3.36. The number of aryl methyl sites for hydroxylation is 1. The van der Waals surface area contributed by atoms with Crippen LogP contribution in [0.25, 0.3) is 0 Å². The van der Waals surface area contributed by atoms with Gasteiger partial charge in [0, 0.05) is 25.3 Å². The van der Waals surface area contributed by atoms with Crippen LogP contribution in [0.4, 0.5) is 5.69 Å². The molecule has 0 amide bonds. The molecule has 0 bridgehead atoms. The van der Waals surface area contributed by atoms with Crippen molar-refractivity contribution >= 4 is 5.69 Å². The highest BCUT2D eigenvalue weighted by molar-refractivity contribution is 5.53. The Bertz CT molecular complexity index is 367. The molecule has 1 atom stereocenters. The minimum atomic E-state index is 0.335. The van der Waals surface area contributed by atoms with E-state index in [0.29, 0.717) is 5.41 Å². The summed E-state index contributed by atoms with van der Waals surface area (Å²) in [6, 6.07) is 8.70. The van der Waals surface area contributed by atoms with Gasteiger partial charge in [-0.2, -0.15) is 0 Å². The van der Waals surface area contributed by atoms with E-state index < -0.39 is 0 Å². The molecule has 0 fully saturated rings. The van der Waals surface area contributed by atoms with E-state index in [-0.39, 0.29) is 0 Å². The smallest absolute Gasteiger partial charge is 0.0396 e. The van der Waals surface area contributed by atoms with Crippen molar-refractivity contribution in [1.82, 2.24) is 5.32 Å². The molecule has 1 N–H and O–H groups in total. The predicted molar refractivity (Wildman–Crippen MR) is 86.0 cm³/mol. The second kappa shape index (κ2) is 7.54. The molecule has 0 heterocycles. The number of benzene rings is 1. The lowest BCUT2D eigenvalue weighted by atomic mass is 9.84. The summed E-state index contributed by atoms with van der Waals surface area (Å²) in [6.45, 7) is 12.4. The molecule has 19 heavy (non-hydrogen) atoms. The zero-order chi connectivity index (χ0) is 14.3. The van der Waals surface area contributed by atoms with Crippen molar-refractivity contribution in [1.29, 1.82) is 0 Å². The third kappa shape index (κ3) is 4.54. The van der Waals surface area contributed by atoms with Gasteiger partial charge in [0.1, 0.15) is 0 Å². The maximum Gasteiger partial charge on any atom is 0.0396 e. The van der Waals surface area contributed by atoms with Crippen LogP contribution in [0.2, 0.25) is 0 Å². The molecule has 1 rings (SSSR count). The lowest BCUT2D eigenvalue weighted by Crippen LogP contribution is -2.42. The molecule has 0 aliphatic heterocycles. The van der Waals surface area contributed by atoms with E-state index in [1.54, 1.807) is 0 Å². The highest BCUT2D eigenvalue weighted by Gasteiger charge is 2.25. The zero-order valence-corrected chi connectivity index (χ0v) is 13.3. The van der Waals surface area contributed by atoms with Crippen LogP contribution >= 0.6 is 0 Å². The molecule has 0 aromatic heterocycles. The summed E-state index contributed by atoms with van der Waals surface area (Å²) < 4.78 is 0. The molecule has 2 nitrogen and oxygen atoms in total. The Kier molecular flexibility index (Phi) is 6.36. The second-order valence-corrected chi connectivity index (χ2v) is 5.89. The van der Waals surface area contributed by atoms with Gasteiger partial charge >= 0.3 is 0 Å². The van der Waals surface area contributed by atoms with Gasteiger partial charge in [-0.3, -0.25) is 0 Å². The average Bonchev–Trinajstić information content (AvgIpc) is 2.37. The summed E-state index contributed by atoms with van der Waals surface area (Å²) in [5, 5.41) is 3.36. The van der Waals surface area contributed by atoms with Gasteiger partial charge < -0.3 is 10.2 Å². The molecule has 1 aromatic rings. The Labute approximate surface area is 119 Å². The van der Waals surface area contributed by atoms with Crippen molar-refractivity contribution < 1.29 is 0 Å². The first-order valence-corrected chi connectivity index (χ1v) is 7.51. The Hall–Kier alpha value is -1.02. The quantitative estimate of drug-likeness (QED) is 0.765. The molecule has 0 aliphatic carbocycles. The van der Waals surface area contributed by atoms with E-state index in [9.17, 15) is 0 Å². The molecular weight excluding hydrogens is 232 g/mol. The minimum absolute atomic E-state index is 0.335. The highest BCUT2D eigenvalue weighted by atomic mass is 15.1. The standard InChI is InChI=1S/C17H30N2/c1-6-12-17(4,13-18-5)14-19(7-2)16-11-9-8-10-15(16)3/h8-11,18H,6-7,12-14H2,1-5H3. The first kappa shape index (κ1) is 16.0. The number of hydrogen-bond donors (Lipinski definition) is 1. The largest absolute Gasteiger partial charge is 0.371 e. The molecule has 2 heteroatoms. The van der Waals surface area contributed by atoms with E-state index in [0.717, 1.165) is 19.6 Å². The number of nitrogens with one attached hydrogen (secondary N) is 1. The summed E-state index contributed by atoms with van der Waals surface area (Å²) in [4.78, 5) is 2.52. The SMILES string of the molecule is CCCC(C)(CNC)CN(CC)c1ccccc1C. The molecule has 0 saturated heterocycles. The van der Waals surface area contributed by atoms with E-state index >= 15 is 0 Å². The molecule has 1 aromatic carbocycles. The summed E-state index contributed by atoms with van der Waals surface area (Å²) in [5.41, 5.74) is 3.08. The third-order valence-electron chi connectivity index (χ3n) is 3.87. The van der Waals surface area contributed by atoms with Crippen LogP contribution in [-0.2, 0) is 0 Å². The van der Waals surface area contributed by atoms with Gasteiger partial charge in [0.15, 0.2) is 0 Å². The maximum absolute atomic E-state index is 3.36. The highest BCUT2D eigenvalue weighted by Crippen LogP contribution is 2.28. The second-order valence-electron chi connectivity index (χ2n) is 5.89. The molecule has 0 radical (unpaired) electrons. The van der Waals surface area contributed by atoms with Gasteiger partial charge in [0.05, 0.1) is 0 Å². The Morgan fingerprint density at radius 2 is 1.89 bits per heavy atom. The molecular formula is C17H30N2. The topological polar surface area (TPSA) is 15.3 Å². The van der Waals surface area contributed by atoms with E-state index in [1.165, 1.54) is 24.1 Å². The fraction of sp³-hybridized carbons (Fsp3) is 0.647. The average molecular weight is 262 g/mol. The fourth-order valence-electron chi connectivity index (χ4n) is 3.00. The predicted octanol–water partition coefficient (Wildman–Crippen LogP) is 3.85. The van der Waals surface area contributed by atoms with Crippen molar-refractivity contribution in [3.8, 4) is 0 Å². The molecule has 0 saturated carbocycles. The first-order chi connectivity index (χ1) is 9.06. The fourth-order valence-corrected chi connectivity index (χ4v) is 3.00. The van der Waals surface area contributed by atoms with Crippen molar-refractivity contribution in [2.75, 3.05) is 31.6 Å². The van der Waals surface area contributed by atoms with Gasteiger partial charge in [-0.1, -0.05) is 38.5 Å². The van der Waals surface area contributed by atoms with E-state index in [2.05, 4.69) is 69.2 Å². The summed E-state index contributed by atoms with van der Waals surface area (Å²) in [7, 11) is 2.05. The van der Waals surface area contributed by atoms with Gasteiger partial charge in [0.25, 0.3) is 0 Å². The van der Waals surface area contributed by atoms with Gasteiger partial charge in [0.2, 0.25) is 0 Å². The Morgan fingerprint density at radius 1 is 1.21 bits per heavy atom. The van der Waals surface area contributed by atoms with Crippen molar-refractivity contribution in [3.63, 3.8) is 0 Å². The van der Waals surface area contributed by atoms with Crippen LogP contribution < -0.4 is 10.2 Å². The molecule has 108 valence electrons. The Morgan fingerprint density at radius 3 is 2.42 bits per heavy atom. The van der Waals surface area contributed by atoms with Crippen molar-refractivity contribution in [2.24, 2.45) is 5.41 Å². The number of anilines is 1. The monoisotopic (exact) mass is 262 g/mol. The lowest BCUT2D eigenvalue weighted by Gasteiger charge is -2.37. The number of hydrogen-bond acceptors (Lipinski definition) is 2. The molecule has 1 unspecified atom stereocenters. The lowest BCUT2D eigenvalue weighted by molar-refractivity contribution is 0.288. The summed E-state index contributed by atoms with van der Waals surface area (Å²) in [5.74, 6) is 0. The number of nitrogens with zero attached hydrogens (tertiary/aromatic N) is 1. The van der Waals surface area contributed by atoms with E-state index in [1.807, 2.05) is 0 Å². The van der Waals surface area contributed by atoms with Crippen LogP contribution in [0.5, 0.6) is 0 Å². The van der Waals surface area contributed by atoms with Crippen molar-refractivity contribution in [3.05, 3.63) is 29.8 Å². The third-order valence-corrected chi connectivity index (χ3v) is 3.87. The number of rotatable bonds is 8. The van der Waals surface area contributed by atoms with Crippen molar-refractivity contribution in [2.45, 2.75) is 40.5 Å². The summed E-state index contributed by atoms with van der Waals surface area (Å²) in [6.07, 6.45) is 2.50. The van der Waals surface area contributed by atoms with Crippen LogP contribution in [-0.4, -0.2) is 26.7 Å². The molecule has 0 spiro atoms. The van der Waals surface area contributed by atoms with Gasteiger partial charge in [-0.15, -0.1) is 0 Å².